The number of nitrogens with one attached hydrogen (secondary N) is 3. The quantitative estimate of drug-likeness (QED) is 0.274. The maximum Gasteiger partial charge on any atom is 0.319 e. The number of ether oxygens (including phenoxy) is 1. The number of carbonyl (C=O) groups is 1. The second kappa shape index (κ2) is 10.2. The lowest BCUT2D eigenvalue weighted by Crippen LogP contribution is -2.32. The molecule has 0 spiro atoms. The monoisotopic (exact) mass is 485 g/mol. The summed E-state index contributed by atoms with van der Waals surface area (Å²) in [6.07, 6.45) is 3.69. The van der Waals surface area contributed by atoms with Crippen molar-refractivity contribution in [3.63, 3.8) is 0 Å². The summed E-state index contributed by atoms with van der Waals surface area (Å²) in [5.41, 5.74) is 4.11. The number of methoxy groups -OCH3 is 1. The Kier molecular flexibility index (Phi) is 6.53. The van der Waals surface area contributed by atoms with Gasteiger partial charge in [-0.15, -0.1) is 11.3 Å². The average Bonchev–Trinajstić information content (AvgIpc) is 3.49. The maximum absolute atomic E-state index is 12.1. The molecule has 3 N–H and O–H groups in total. The molecule has 5 rings (SSSR count). The van der Waals surface area contributed by atoms with Crippen LogP contribution in [0.25, 0.3) is 27.6 Å². The number of benzene rings is 2. The molecule has 0 bridgehead atoms. The minimum absolute atomic E-state index is 0.269. The van der Waals surface area contributed by atoms with Gasteiger partial charge in [0.05, 0.1) is 18.5 Å². The predicted molar refractivity (Wildman–Crippen MR) is 138 cm³/mol. The molecule has 0 saturated carbocycles. The van der Waals surface area contributed by atoms with E-state index in [4.69, 9.17) is 14.7 Å². The normalized spacial score (nSPS) is 10.8. The number of urea groups is 1. The lowest BCUT2D eigenvalue weighted by Gasteiger charge is -2.10. The predicted octanol–water partition coefficient (Wildman–Crippen LogP) is 4.76. The van der Waals surface area contributed by atoms with Crippen LogP contribution in [0.15, 0.2) is 78.4 Å². The topological polar surface area (TPSA) is 105 Å². The Bertz CT molecular complexity index is 1450. The van der Waals surface area contributed by atoms with Gasteiger partial charge < -0.3 is 20.7 Å². The van der Waals surface area contributed by atoms with Crippen LogP contribution in [0.2, 0.25) is 0 Å². The summed E-state index contributed by atoms with van der Waals surface area (Å²) in [5.74, 6) is 1.23. The number of amides is 2. The van der Waals surface area contributed by atoms with E-state index in [0.29, 0.717) is 19.0 Å². The highest BCUT2D eigenvalue weighted by Crippen LogP contribution is 2.34. The largest absolute Gasteiger partial charge is 0.497 e. The van der Waals surface area contributed by atoms with Crippen molar-refractivity contribution in [3.05, 3.63) is 78.4 Å². The first-order valence-electron chi connectivity index (χ1n) is 11.0. The Morgan fingerprint density at radius 2 is 1.94 bits per heavy atom. The minimum atomic E-state index is -0.269. The Labute approximate surface area is 205 Å². The summed E-state index contributed by atoms with van der Waals surface area (Å²) in [7, 11) is 1.65. The molecule has 0 aliphatic rings. The first-order valence-corrected chi connectivity index (χ1v) is 11.9. The zero-order chi connectivity index (χ0) is 24.0. The third kappa shape index (κ3) is 5.07. The molecule has 0 saturated heterocycles. The standard InChI is InChI=1S/C25H23N7O2S/c1-34-19-9-5-6-17(16-19)21-22(32-14-15-35-25(32)31-21)20-10-11-26-23(30-20)27-12-13-28-24(33)29-18-7-3-2-4-8-18/h2-11,14-16H,12-13H2,1H3,(H,26,27,30)(H2,28,29,33). The third-order valence-corrected chi connectivity index (χ3v) is 5.99. The summed E-state index contributed by atoms with van der Waals surface area (Å²) in [6.45, 7) is 0.872. The fraction of sp³-hybridized carbons (Fsp3) is 0.120. The lowest BCUT2D eigenvalue weighted by atomic mass is 10.1. The second-order valence-electron chi connectivity index (χ2n) is 7.54. The van der Waals surface area contributed by atoms with E-state index in [-0.39, 0.29) is 6.03 Å². The van der Waals surface area contributed by atoms with Crippen molar-refractivity contribution in [1.29, 1.82) is 0 Å². The van der Waals surface area contributed by atoms with Gasteiger partial charge in [-0.1, -0.05) is 30.3 Å². The summed E-state index contributed by atoms with van der Waals surface area (Å²) in [6, 6.07) is 18.7. The number of fused-ring (bicyclic) bond motifs is 1. The third-order valence-electron chi connectivity index (χ3n) is 5.23. The van der Waals surface area contributed by atoms with Crippen molar-refractivity contribution in [3.8, 4) is 28.4 Å². The molecule has 3 heterocycles. The van der Waals surface area contributed by atoms with Crippen molar-refractivity contribution >= 4 is 34.0 Å². The molecule has 9 nitrogen and oxygen atoms in total. The van der Waals surface area contributed by atoms with Crippen LogP contribution in [-0.2, 0) is 0 Å². The van der Waals surface area contributed by atoms with Crippen LogP contribution < -0.4 is 20.7 Å². The number of aromatic nitrogens is 4. The van der Waals surface area contributed by atoms with E-state index in [1.54, 1.807) is 24.6 Å². The Morgan fingerprint density at radius 3 is 2.80 bits per heavy atom. The van der Waals surface area contributed by atoms with Crippen molar-refractivity contribution < 1.29 is 9.53 Å². The van der Waals surface area contributed by atoms with E-state index < -0.39 is 0 Å². The van der Waals surface area contributed by atoms with Gasteiger partial charge in [0.2, 0.25) is 5.95 Å². The molecular weight excluding hydrogens is 462 g/mol. The highest BCUT2D eigenvalue weighted by atomic mass is 32.1. The van der Waals surface area contributed by atoms with Crippen LogP contribution >= 0.6 is 11.3 Å². The van der Waals surface area contributed by atoms with Gasteiger partial charge in [-0.2, -0.15) is 0 Å². The van der Waals surface area contributed by atoms with Crippen LogP contribution in [0.5, 0.6) is 5.75 Å². The van der Waals surface area contributed by atoms with Crippen molar-refractivity contribution in [1.82, 2.24) is 24.7 Å². The molecule has 35 heavy (non-hydrogen) atoms. The molecule has 176 valence electrons. The van der Waals surface area contributed by atoms with E-state index in [2.05, 4.69) is 20.9 Å². The fourth-order valence-electron chi connectivity index (χ4n) is 3.62. The summed E-state index contributed by atoms with van der Waals surface area (Å²) in [4.78, 5) is 26.8. The highest BCUT2D eigenvalue weighted by molar-refractivity contribution is 7.15. The van der Waals surface area contributed by atoms with Crippen LogP contribution in [0, 0.1) is 0 Å². The van der Waals surface area contributed by atoms with E-state index in [1.807, 2.05) is 76.6 Å². The molecule has 5 aromatic rings. The number of nitrogens with zero attached hydrogens (tertiary/aromatic N) is 4. The highest BCUT2D eigenvalue weighted by Gasteiger charge is 2.19. The Morgan fingerprint density at radius 1 is 1.06 bits per heavy atom. The number of imidazole rings is 1. The lowest BCUT2D eigenvalue weighted by molar-refractivity contribution is 0.252. The zero-order valence-corrected chi connectivity index (χ0v) is 19.7. The summed E-state index contributed by atoms with van der Waals surface area (Å²) in [5, 5.41) is 10.8. The average molecular weight is 486 g/mol. The van der Waals surface area contributed by atoms with Gasteiger partial charge in [-0.25, -0.2) is 19.7 Å². The minimum Gasteiger partial charge on any atom is -0.497 e. The number of thiazole rings is 1. The van der Waals surface area contributed by atoms with Gasteiger partial charge in [0.15, 0.2) is 4.96 Å². The van der Waals surface area contributed by atoms with Crippen LogP contribution in [0.1, 0.15) is 0 Å². The molecule has 0 aliphatic heterocycles. The van der Waals surface area contributed by atoms with E-state index >= 15 is 0 Å². The van der Waals surface area contributed by atoms with E-state index in [0.717, 1.165) is 39.0 Å². The van der Waals surface area contributed by atoms with Crippen LogP contribution in [-0.4, -0.2) is 45.6 Å². The number of carbonyl (C=O) groups excluding carboxylic acids is 1. The van der Waals surface area contributed by atoms with Crippen molar-refractivity contribution in [2.75, 3.05) is 30.8 Å². The molecule has 2 amide bonds. The van der Waals surface area contributed by atoms with E-state index in [9.17, 15) is 4.79 Å². The van der Waals surface area contributed by atoms with Gasteiger partial charge in [-0.3, -0.25) is 4.40 Å². The molecule has 3 aromatic heterocycles. The van der Waals surface area contributed by atoms with Gasteiger partial charge in [-0.05, 0) is 30.3 Å². The first kappa shape index (κ1) is 22.4. The van der Waals surface area contributed by atoms with Gasteiger partial charge in [0, 0.05) is 42.1 Å². The molecular formula is C25H23N7O2S. The number of hydrogen-bond donors (Lipinski definition) is 3. The second-order valence-corrected chi connectivity index (χ2v) is 8.41. The van der Waals surface area contributed by atoms with Crippen molar-refractivity contribution in [2.45, 2.75) is 0 Å². The SMILES string of the molecule is COc1cccc(-c2nc3sccn3c2-c2ccnc(NCCNC(=O)Nc3ccccc3)n2)c1. The molecule has 2 aromatic carbocycles. The molecule has 0 unspecified atom stereocenters. The molecule has 0 fully saturated rings. The van der Waals surface area contributed by atoms with Gasteiger partial charge >= 0.3 is 6.03 Å². The molecule has 0 aliphatic carbocycles. The molecule has 10 heteroatoms. The van der Waals surface area contributed by atoms with E-state index in [1.165, 1.54) is 0 Å². The van der Waals surface area contributed by atoms with Crippen molar-refractivity contribution in [2.24, 2.45) is 0 Å². The van der Waals surface area contributed by atoms with Crippen LogP contribution in [0.3, 0.4) is 0 Å². The zero-order valence-electron chi connectivity index (χ0n) is 18.9. The number of anilines is 2. The summed E-state index contributed by atoms with van der Waals surface area (Å²) < 4.78 is 7.43. The van der Waals surface area contributed by atoms with Gasteiger partial charge in [0.25, 0.3) is 0 Å². The smallest absolute Gasteiger partial charge is 0.319 e. The number of para-hydroxylation sites is 1. The fourth-order valence-corrected chi connectivity index (χ4v) is 4.34. The first-order chi connectivity index (χ1) is 17.2. The number of hydrogen-bond acceptors (Lipinski definition) is 7. The molecule has 0 atom stereocenters. The number of rotatable bonds is 8. The van der Waals surface area contributed by atoms with Crippen LogP contribution in [0.4, 0.5) is 16.4 Å². The van der Waals surface area contributed by atoms with Gasteiger partial charge in [0.1, 0.15) is 11.4 Å². The molecule has 0 radical (unpaired) electrons. The summed E-state index contributed by atoms with van der Waals surface area (Å²) >= 11 is 1.56. The maximum atomic E-state index is 12.1. The Balaban J connectivity index is 1.30. The Hall–Kier alpha value is -4.44.